The van der Waals surface area contributed by atoms with Crippen molar-refractivity contribution in [1.29, 1.82) is 0 Å². The molecule has 0 radical (unpaired) electrons. The molecule has 4 aliphatic heterocycles. The van der Waals surface area contributed by atoms with Gasteiger partial charge in [-0.05, 0) is 36.4 Å². The van der Waals surface area contributed by atoms with Gasteiger partial charge < -0.3 is 4.57 Å². The van der Waals surface area contributed by atoms with E-state index in [-0.39, 0.29) is 0 Å². The Hall–Kier alpha value is -6.64. The van der Waals surface area contributed by atoms with Gasteiger partial charge in [0.15, 0.2) is 22.8 Å². The van der Waals surface area contributed by atoms with Gasteiger partial charge in [-0.1, -0.05) is 0 Å². The minimum atomic E-state index is 0.337. The van der Waals surface area contributed by atoms with Gasteiger partial charge in [-0.15, -0.1) is 0 Å². The molecule has 8 bridgehead atoms. The van der Waals surface area contributed by atoms with Crippen LogP contribution in [0.1, 0.15) is 0 Å². The Morgan fingerprint density at radius 2 is 1.10 bits per heavy atom. The summed E-state index contributed by atoms with van der Waals surface area (Å²) in [7, 11) is 0. The molecule has 0 N–H and O–H groups in total. The van der Waals surface area contributed by atoms with Crippen LogP contribution < -0.4 is 15.2 Å². The second-order valence-electron chi connectivity index (χ2n) is 11.6. The highest BCUT2D eigenvalue weighted by molar-refractivity contribution is 6.16. The van der Waals surface area contributed by atoms with Crippen molar-refractivity contribution in [2.24, 2.45) is 4.99 Å². The lowest BCUT2D eigenvalue weighted by Crippen LogP contribution is -2.40. The van der Waals surface area contributed by atoms with E-state index in [9.17, 15) is 0 Å². The lowest BCUT2D eigenvalue weighted by molar-refractivity contribution is -0.371. The number of nitrogens with zero attached hydrogens (tertiary/aromatic N) is 8. The SMILES string of the molecule is C1=CC2=NC1=CC1=CC=C(C=c3ccc(n3-c3ccncc3)=CC3=[N+](c4ccncc4)C(=C2)C=C3)[N+]1(c1ccncc1)c1ccncc1. The number of aromatic nitrogens is 5. The van der Waals surface area contributed by atoms with Crippen molar-refractivity contribution >= 4 is 40.6 Å². The molecule has 0 aliphatic carbocycles. The average Bonchev–Trinajstić information content (AvgIpc) is 3.93. The maximum atomic E-state index is 5.08. The van der Waals surface area contributed by atoms with Crippen LogP contribution in [0.5, 0.6) is 0 Å². The topological polar surface area (TPSA) is 71.9 Å². The smallest absolute Gasteiger partial charge is 0.214 e. The zero-order chi connectivity index (χ0) is 31.9. The molecule has 48 heavy (non-hydrogen) atoms. The van der Waals surface area contributed by atoms with Crippen molar-refractivity contribution in [3.8, 4) is 5.69 Å². The van der Waals surface area contributed by atoms with E-state index in [2.05, 4.69) is 126 Å². The van der Waals surface area contributed by atoms with Gasteiger partial charge >= 0.3 is 0 Å². The van der Waals surface area contributed by atoms with E-state index in [0.29, 0.717) is 4.48 Å². The van der Waals surface area contributed by atoms with Gasteiger partial charge in [0, 0.05) is 140 Å². The third-order valence-corrected chi connectivity index (χ3v) is 8.89. The zero-order valence-corrected chi connectivity index (χ0v) is 25.7. The second-order valence-corrected chi connectivity index (χ2v) is 11.6. The molecule has 8 heteroatoms. The first-order valence-electron chi connectivity index (χ1n) is 15.7. The Morgan fingerprint density at radius 1 is 0.521 bits per heavy atom. The fraction of sp³-hybridized carbons (Fsp3) is 0. The van der Waals surface area contributed by atoms with E-state index in [1.54, 1.807) is 0 Å². The minimum Gasteiger partial charge on any atom is -0.310 e. The van der Waals surface area contributed by atoms with E-state index in [0.717, 1.165) is 67.7 Å². The van der Waals surface area contributed by atoms with E-state index in [1.807, 2.05) is 73.8 Å². The van der Waals surface area contributed by atoms with Crippen LogP contribution in [0, 0.1) is 0 Å². The highest BCUT2D eigenvalue weighted by Crippen LogP contribution is 2.48. The first-order chi connectivity index (χ1) is 23.8. The monoisotopic (exact) mass is 620 g/mol. The Labute approximate surface area is 276 Å². The van der Waals surface area contributed by atoms with E-state index in [1.165, 1.54) is 0 Å². The Bertz CT molecular complexity index is 2420. The fourth-order valence-electron chi connectivity index (χ4n) is 6.85. The molecule has 226 valence electrons. The highest BCUT2D eigenvalue weighted by Gasteiger charge is 2.44. The van der Waals surface area contributed by atoms with Crippen LogP contribution in [0.25, 0.3) is 17.8 Å². The molecule has 0 amide bonds. The normalized spacial score (nSPS) is 17.2. The molecule has 0 fully saturated rings. The first-order valence-corrected chi connectivity index (χ1v) is 15.7. The number of hydrogen-bond donors (Lipinski definition) is 0. The Kier molecular flexibility index (Phi) is 6.51. The summed E-state index contributed by atoms with van der Waals surface area (Å²) in [5.41, 5.74) is 10.0. The van der Waals surface area contributed by atoms with Crippen molar-refractivity contribution in [1.82, 2.24) is 29.0 Å². The van der Waals surface area contributed by atoms with Gasteiger partial charge in [0.2, 0.25) is 17.1 Å². The van der Waals surface area contributed by atoms with Crippen molar-refractivity contribution in [2.75, 3.05) is 0 Å². The molecule has 9 heterocycles. The van der Waals surface area contributed by atoms with Crippen molar-refractivity contribution in [3.05, 3.63) is 192 Å². The lowest BCUT2D eigenvalue weighted by atomic mass is 10.1. The fourth-order valence-corrected chi connectivity index (χ4v) is 6.85. The van der Waals surface area contributed by atoms with E-state index in [4.69, 9.17) is 4.99 Å². The summed E-state index contributed by atoms with van der Waals surface area (Å²) in [4.78, 5) is 22.4. The molecule has 8 nitrogen and oxygen atoms in total. The van der Waals surface area contributed by atoms with Crippen LogP contribution in [0.15, 0.2) is 187 Å². The number of rotatable bonds is 4. The van der Waals surface area contributed by atoms with Crippen LogP contribution >= 0.6 is 0 Å². The van der Waals surface area contributed by atoms with Crippen LogP contribution in [-0.4, -0.2) is 40.5 Å². The summed E-state index contributed by atoms with van der Waals surface area (Å²) in [5.74, 6) is 0. The summed E-state index contributed by atoms with van der Waals surface area (Å²) in [6.07, 6.45) is 36.3. The van der Waals surface area contributed by atoms with Gasteiger partial charge in [0.05, 0.1) is 22.1 Å². The Balaban J connectivity index is 1.39. The Morgan fingerprint density at radius 3 is 1.77 bits per heavy atom. The average molecular weight is 621 g/mol. The highest BCUT2D eigenvalue weighted by atomic mass is 15.4. The van der Waals surface area contributed by atoms with Crippen LogP contribution in [0.4, 0.5) is 17.1 Å². The molecule has 0 unspecified atom stereocenters. The van der Waals surface area contributed by atoms with E-state index < -0.39 is 0 Å². The van der Waals surface area contributed by atoms with Gasteiger partial charge in [-0.25, -0.2) is 4.99 Å². The quantitative estimate of drug-likeness (QED) is 0.186. The second kappa shape index (κ2) is 11.3. The number of hydrogen-bond acceptors (Lipinski definition) is 5. The van der Waals surface area contributed by atoms with Gasteiger partial charge in [0.25, 0.3) is 0 Å². The minimum absolute atomic E-state index is 0.337. The third kappa shape index (κ3) is 4.51. The van der Waals surface area contributed by atoms with Crippen molar-refractivity contribution in [3.63, 3.8) is 0 Å². The van der Waals surface area contributed by atoms with Crippen LogP contribution in [0.2, 0.25) is 0 Å². The summed E-state index contributed by atoms with van der Waals surface area (Å²) in [6.45, 7) is 0. The van der Waals surface area contributed by atoms with Crippen molar-refractivity contribution in [2.45, 2.75) is 0 Å². The predicted molar refractivity (Wildman–Crippen MR) is 189 cm³/mol. The summed E-state index contributed by atoms with van der Waals surface area (Å²) >= 11 is 0. The third-order valence-electron chi connectivity index (χ3n) is 8.89. The number of fused-ring (bicyclic) bond motifs is 6. The maximum absolute atomic E-state index is 5.08. The largest absolute Gasteiger partial charge is 0.310 e. The van der Waals surface area contributed by atoms with Crippen LogP contribution in [-0.2, 0) is 0 Å². The molecular formula is C40H28N8+2. The van der Waals surface area contributed by atoms with Crippen molar-refractivity contribution < 1.29 is 4.58 Å². The first kappa shape index (κ1) is 27.7. The molecular weight excluding hydrogens is 592 g/mol. The molecule has 5 aromatic rings. The molecule has 0 aromatic carbocycles. The molecule has 4 aliphatic rings. The molecule has 5 aromatic heterocycles. The number of allylic oxidation sites excluding steroid dienone is 9. The predicted octanol–water partition coefficient (Wildman–Crippen LogP) is 5.89. The maximum Gasteiger partial charge on any atom is 0.214 e. The van der Waals surface area contributed by atoms with Gasteiger partial charge in [0.1, 0.15) is 0 Å². The lowest BCUT2D eigenvalue weighted by Gasteiger charge is -2.35. The molecule has 0 saturated heterocycles. The standard InChI is InChI=1S/C40H28N8/c1-2-30-26-39-7-8-40(48(39,37-13-21-43-22-14-37)38-15-23-44-24-16-38)28-36-6-5-35(47(36)32-11-19-42-20-12-32)27-34-4-3-33(25-29(1)45-30)46(34)31-9-17-41-18-10-31/h1-28H/q+2. The number of aliphatic imine (C=N–C) groups is 1. The molecule has 0 atom stereocenters. The van der Waals surface area contributed by atoms with Crippen LogP contribution in [0.3, 0.4) is 0 Å². The summed E-state index contributed by atoms with van der Waals surface area (Å²) in [6, 6.07) is 20.8. The zero-order valence-electron chi connectivity index (χ0n) is 25.7. The summed E-state index contributed by atoms with van der Waals surface area (Å²) in [5, 5.41) is 2.05. The molecule has 9 rings (SSSR count). The molecule has 0 spiro atoms. The summed E-state index contributed by atoms with van der Waals surface area (Å²) < 4.78 is 4.85. The number of pyridine rings is 4. The van der Waals surface area contributed by atoms with Gasteiger partial charge in [-0.3, -0.25) is 19.9 Å². The molecule has 0 saturated carbocycles. The number of quaternary nitrogens is 1. The van der Waals surface area contributed by atoms with Gasteiger partial charge in [-0.2, -0.15) is 9.06 Å². The van der Waals surface area contributed by atoms with E-state index >= 15 is 0 Å².